The highest BCUT2D eigenvalue weighted by molar-refractivity contribution is 7.91. The lowest BCUT2D eigenvalue weighted by Gasteiger charge is -2.47. The molecule has 190 valence electrons. The summed E-state index contributed by atoms with van der Waals surface area (Å²) in [5, 5.41) is 2.42. The number of nitrogens with zero attached hydrogens (tertiary/aromatic N) is 2. The van der Waals surface area contributed by atoms with Crippen molar-refractivity contribution in [2.75, 3.05) is 25.4 Å². The third kappa shape index (κ3) is 4.90. The van der Waals surface area contributed by atoms with Gasteiger partial charge in [-0.1, -0.05) is 23.7 Å². The normalized spacial score (nSPS) is 24.1. The average molecular weight is 521 g/mol. The van der Waals surface area contributed by atoms with Gasteiger partial charge in [0, 0.05) is 30.1 Å². The topological polar surface area (TPSA) is 76.2 Å². The van der Waals surface area contributed by atoms with Gasteiger partial charge in [-0.05, 0) is 81.5 Å². The van der Waals surface area contributed by atoms with Crippen LogP contribution in [0.4, 0.5) is 4.79 Å². The maximum absolute atomic E-state index is 13.0. The zero-order valence-electron chi connectivity index (χ0n) is 20.5. The van der Waals surface area contributed by atoms with Gasteiger partial charge >= 0.3 is 6.09 Å². The zero-order chi connectivity index (χ0) is 25.0. The van der Waals surface area contributed by atoms with Crippen molar-refractivity contribution in [3.05, 3.63) is 41.4 Å². The van der Waals surface area contributed by atoms with Gasteiger partial charge in [-0.3, -0.25) is 4.90 Å². The first-order valence-electron chi connectivity index (χ1n) is 12.3. The molecule has 0 N–H and O–H groups in total. The van der Waals surface area contributed by atoms with E-state index in [0.717, 1.165) is 30.0 Å². The number of rotatable bonds is 5. The molecule has 2 atom stereocenters. The fraction of sp³-hybridized carbons (Fsp3) is 0.577. The van der Waals surface area contributed by atoms with E-state index in [1.807, 2.05) is 39.0 Å². The number of sulfone groups is 1. The first kappa shape index (κ1) is 24.8. The van der Waals surface area contributed by atoms with Crippen molar-refractivity contribution in [3.8, 4) is 0 Å². The molecule has 4 saturated heterocycles. The van der Waals surface area contributed by atoms with Crippen LogP contribution in [-0.2, 0) is 19.3 Å². The van der Waals surface area contributed by atoms with E-state index in [9.17, 15) is 13.2 Å². The van der Waals surface area contributed by atoms with Crippen LogP contribution in [0, 0.1) is 5.41 Å². The standard InChI is InChI=1S/C26H33ClN2O5S/c1-25(2,3)34-24(30)28-12-9-26(10-13-28)17-22-29(23(26)33-22)11-4-14-35(31,32)21-8-6-18-15-20(27)7-5-19(18)16-21/h5-8,15-16,22-23H,4,9-14,17H2,1-3H3. The van der Waals surface area contributed by atoms with Crippen LogP contribution in [0.3, 0.4) is 0 Å². The Morgan fingerprint density at radius 2 is 1.83 bits per heavy atom. The van der Waals surface area contributed by atoms with E-state index >= 15 is 0 Å². The molecule has 4 aliphatic rings. The molecule has 4 heterocycles. The number of hydrogen-bond acceptors (Lipinski definition) is 6. The Morgan fingerprint density at radius 3 is 2.54 bits per heavy atom. The Hall–Kier alpha value is -1.87. The summed E-state index contributed by atoms with van der Waals surface area (Å²) >= 11 is 6.04. The predicted octanol–water partition coefficient (Wildman–Crippen LogP) is 5.06. The fourth-order valence-corrected chi connectivity index (χ4v) is 7.13. The maximum atomic E-state index is 13.0. The molecule has 2 unspecified atom stereocenters. The molecular formula is C26H33ClN2O5S. The predicted molar refractivity (Wildman–Crippen MR) is 135 cm³/mol. The van der Waals surface area contributed by atoms with Gasteiger partial charge in [0.05, 0.1) is 10.6 Å². The van der Waals surface area contributed by atoms with Gasteiger partial charge in [0.1, 0.15) is 18.1 Å². The molecule has 6 rings (SSSR count). The number of piperidine rings is 1. The van der Waals surface area contributed by atoms with Crippen LogP contribution < -0.4 is 0 Å². The highest BCUT2D eigenvalue weighted by Gasteiger charge is 2.62. The van der Waals surface area contributed by atoms with E-state index in [1.54, 1.807) is 23.1 Å². The lowest BCUT2D eigenvalue weighted by molar-refractivity contribution is -0.256. The highest BCUT2D eigenvalue weighted by atomic mass is 35.5. The van der Waals surface area contributed by atoms with Crippen LogP contribution in [0.5, 0.6) is 0 Å². The Balaban J connectivity index is 1.15. The minimum Gasteiger partial charge on any atom is -0.444 e. The number of hydrogen-bond donors (Lipinski definition) is 0. The second-order valence-corrected chi connectivity index (χ2v) is 13.6. The van der Waals surface area contributed by atoms with Crippen LogP contribution in [0.1, 0.15) is 46.5 Å². The van der Waals surface area contributed by atoms with Crippen LogP contribution in [-0.4, -0.2) is 67.8 Å². The molecule has 1 amide bonds. The minimum absolute atomic E-state index is 0.0152. The number of fused-ring (bicyclic) bond motifs is 1. The summed E-state index contributed by atoms with van der Waals surface area (Å²) in [7, 11) is -3.38. The summed E-state index contributed by atoms with van der Waals surface area (Å²) in [6.45, 7) is 7.65. The third-order valence-electron chi connectivity index (χ3n) is 7.44. The Bertz CT molecular complexity index is 1230. The van der Waals surface area contributed by atoms with E-state index < -0.39 is 15.4 Å². The van der Waals surface area contributed by atoms with E-state index in [1.165, 1.54) is 0 Å². The molecule has 0 saturated carbocycles. The number of benzene rings is 2. The zero-order valence-corrected chi connectivity index (χ0v) is 22.1. The number of carbonyl (C=O) groups excluding carboxylic acids is 1. The molecule has 2 aromatic rings. The van der Waals surface area contributed by atoms with Gasteiger partial charge in [-0.15, -0.1) is 0 Å². The van der Waals surface area contributed by atoms with Crippen LogP contribution >= 0.6 is 11.6 Å². The fourth-order valence-electron chi connectivity index (χ4n) is 5.62. The van der Waals surface area contributed by atoms with E-state index in [-0.39, 0.29) is 29.7 Å². The largest absolute Gasteiger partial charge is 0.444 e. The molecule has 4 aliphatic heterocycles. The average Bonchev–Trinajstić information content (AvgIpc) is 3.28. The summed E-state index contributed by atoms with van der Waals surface area (Å²) in [5.74, 6) is 0.0987. The number of carbonyl (C=O) groups is 1. The van der Waals surface area contributed by atoms with Crippen LogP contribution in [0.25, 0.3) is 10.8 Å². The number of likely N-dealkylation sites (tertiary alicyclic amines) is 1. The lowest BCUT2D eigenvalue weighted by Crippen LogP contribution is -2.57. The SMILES string of the molecule is CC(C)(C)OC(=O)N1CCC2(CC1)CC1OC2N1CCCS(=O)(=O)c1ccc2cc(Cl)ccc2c1. The molecule has 35 heavy (non-hydrogen) atoms. The summed E-state index contributed by atoms with van der Waals surface area (Å²) in [4.78, 5) is 16.9. The van der Waals surface area contributed by atoms with E-state index in [4.69, 9.17) is 21.1 Å². The monoisotopic (exact) mass is 520 g/mol. The van der Waals surface area contributed by atoms with E-state index in [0.29, 0.717) is 36.0 Å². The maximum Gasteiger partial charge on any atom is 0.410 e. The quantitative estimate of drug-likeness (QED) is 0.548. The van der Waals surface area contributed by atoms with Gasteiger partial charge in [-0.25, -0.2) is 13.2 Å². The van der Waals surface area contributed by atoms with Crippen molar-refractivity contribution < 1.29 is 22.7 Å². The molecule has 9 heteroatoms. The number of ether oxygens (including phenoxy) is 2. The molecule has 0 aromatic heterocycles. The molecule has 0 radical (unpaired) electrons. The summed E-state index contributed by atoms with van der Waals surface area (Å²) in [6.07, 6.45) is 3.07. The second-order valence-electron chi connectivity index (χ2n) is 11.0. The van der Waals surface area contributed by atoms with Crippen molar-refractivity contribution in [2.45, 2.75) is 69.4 Å². The van der Waals surface area contributed by atoms with E-state index in [2.05, 4.69) is 4.90 Å². The van der Waals surface area contributed by atoms with Crippen LogP contribution in [0.15, 0.2) is 41.3 Å². The van der Waals surface area contributed by atoms with Gasteiger partial charge in [0.25, 0.3) is 0 Å². The van der Waals surface area contributed by atoms with Crippen LogP contribution in [0.2, 0.25) is 5.02 Å². The van der Waals surface area contributed by atoms with Gasteiger partial charge in [-0.2, -0.15) is 0 Å². The Morgan fingerprint density at radius 1 is 1.14 bits per heavy atom. The molecule has 2 aromatic carbocycles. The lowest BCUT2D eigenvalue weighted by atomic mass is 9.77. The first-order chi connectivity index (χ1) is 16.5. The molecule has 1 spiro atoms. The first-order valence-corrected chi connectivity index (χ1v) is 14.3. The Kier molecular flexibility index (Phi) is 6.31. The second kappa shape index (κ2) is 8.91. The smallest absolute Gasteiger partial charge is 0.410 e. The van der Waals surface area contributed by atoms with Crippen molar-refractivity contribution in [1.82, 2.24) is 9.80 Å². The van der Waals surface area contributed by atoms with Crippen molar-refractivity contribution in [2.24, 2.45) is 5.41 Å². The third-order valence-corrected chi connectivity index (χ3v) is 9.47. The van der Waals surface area contributed by atoms with Crippen molar-refractivity contribution >= 4 is 38.3 Å². The Labute approximate surface area is 212 Å². The minimum atomic E-state index is -3.38. The molecule has 0 aliphatic carbocycles. The summed E-state index contributed by atoms with van der Waals surface area (Å²) in [6, 6.07) is 10.7. The van der Waals surface area contributed by atoms with Gasteiger partial charge in [0.2, 0.25) is 0 Å². The van der Waals surface area contributed by atoms with Gasteiger partial charge < -0.3 is 14.4 Å². The number of amides is 1. The molecular weight excluding hydrogens is 488 g/mol. The molecule has 7 nitrogen and oxygen atoms in total. The molecule has 4 fully saturated rings. The summed E-state index contributed by atoms with van der Waals surface area (Å²) < 4.78 is 37.6. The summed E-state index contributed by atoms with van der Waals surface area (Å²) in [5.41, 5.74) is -0.455. The number of halogens is 1. The van der Waals surface area contributed by atoms with Gasteiger partial charge in [0.15, 0.2) is 9.84 Å². The van der Waals surface area contributed by atoms with Crippen molar-refractivity contribution in [1.29, 1.82) is 0 Å². The molecule has 2 bridgehead atoms. The highest BCUT2D eigenvalue weighted by Crippen LogP contribution is 2.56. The van der Waals surface area contributed by atoms with Crippen molar-refractivity contribution in [3.63, 3.8) is 0 Å².